The normalized spacial score (nSPS) is 22.9. The number of carbonyl (C=O) groups excluding carboxylic acids is 1. The summed E-state index contributed by atoms with van der Waals surface area (Å²) < 4.78 is 7.34. The van der Waals surface area contributed by atoms with Crippen molar-refractivity contribution in [2.75, 3.05) is 13.1 Å². The Morgan fingerprint density at radius 3 is 2.57 bits per heavy atom. The van der Waals surface area contributed by atoms with E-state index in [0.29, 0.717) is 32.5 Å². The van der Waals surface area contributed by atoms with Crippen molar-refractivity contribution in [2.45, 2.75) is 51.2 Å². The van der Waals surface area contributed by atoms with Gasteiger partial charge in [-0.1, -0.05) is 0 Å². The number of carboxylic acid groups (broad SMARTS) is 1. The molecule has 3 heterocycles. The van der Waals surface area contributed by atoms with Crippen LogP contribution in [0.5, 0.6) is 0 Å². The number of likely N-dealkylation sites (tertiary alicyclic amines) is 1. The Kier molecular flexibility index (Phi) is 3.61. The number of carboxylic acids is 1. The highest BCUT2D eigenvalue weighted by molar-refractivity contribution is 5.73. The van der Waals surface area contributed by atoms with Crippen LogP contribution in [0.15, 0.2) is 12.4 Å². The number of aromatic nitrogens is 2. The molecule has 1 fully saturated rings. The first kappa shape index (κ1) is 15.8. The van der Waals surface area contributed by atoms with Crippen LogP contribution in [-0.4, -0.2) is 50.3 Å². The number of hydrogen-bond acceptors (Lipinski definition) is 4. The second-order valence-corrected chi connectivity index (χ2v) is 7.42. The number of aliphatic carboxylic acids is 1. The van der Waals surface area contributed by atoms with Crippen molar-refractivity contribution in [3.63, 3.8) is 0 Å². The lowest BCUT2D eigenvalue weighted by atomic mass is 9.70. The Bertz CT molecular complexity index is 624. The van der Waals surface area contributed by atoms with E-state index in [1.165, 1.54) is 0 Å². The van der Waals surface area contributed by atoms with Gasteiger partial charge in [0.1, 0.15) is 11.4 Å². The van der Waals surface area contributed by atoms with Gasteiger partial charge in [0.05, 0.1) is 5.92 Å². The molecule has 0 bridgehead atoms. The lowest BCUT2D eigenvalue weighted by Crippen LogP contribution is -2.50. The zero-order valence-corrected chi connectivity index (χ0v) is 13.8. The van der Waals surface area contributed by atoms with Gasteiger partial charge in [0.25, 0.3) is 0 Å². The minimum absolute atomic E-state index is 0.333. The molecule has 1 N–H and O–H groups in total. The van der Waals surface area contributed by atoms with Crippen molar-refractivity contribution in [1.29, 1.82) is 0 Å². The molecule has 7 nitrogen and oxygen atoms in total. The summed E-state index contributed by atoms with van der Waals surface area (Å²) in [4.78, 5) is 30.0. The molecule has 1 spiro atoms. The van der Waals surface area contributed by atoms with E-state index >= 15 is 0 Å². The Morgan fingerprint density at radius 2 is 2.00 bits per heavy atom. The first-order valence-corrected chi connectivity index (χ1v) is 7.95. The van der Waals surface area contributed by atoms with Crippen LogP contribution in [0.4, 0.5) is 4.79 Å². The highest BCUT2D eigenvalue weighted by Crippen LogP contribution is 2.46. The lowest BCUT2D eigenvalue weighted by molar-refractivity contribution is -0.145. The first-order chi connectivity index (χ1) is 10.7. The summed E-state index contributed by atoms with van der Waals surface area (Å²) in [5.41, 5.74) is -1.01. The van der Waals surface area contributed by atoms with Gasteiger partial charge >= 0.3 is 12.1 Å². The molecule has 1 amide bonds. The maximum Gasteiger partial charge on any atom is 0.410 e. The molecule has 0 saturated carbocycles. The van der Waals surface area contributed by atoms with Gasteiger partial charge in [-0.05, 0) is 33.6 Å². The summed E-state index contributed by atoms with van der Waals surface area (Å²) >= 11 is 0. The van der Waals surface area contributed by atoms with Gasteiger partial charge in [-0.25, -0.2) is 9.78 Å². The fraction of sp³-hybridized carbons (Fsp3) is 0.688. The standard InChI is InChI=1S/C16H23N3O4/c1-15(2,3)23-14(22)18-7-4-16(5-8-18)11(12(20)21)10-19-9-6-17-13(16)19/h6,9,11H,4-5,7-8,10H2,1-3H3,(H,20,21). The Balaban J connectivity index is 1.76. The SMILES string of the molecule is CC(C)(C)OC(=O)N1CCC2(CC1)c1nccn1CC2C(=O)O. The molecule has 1 aromatic rings. The quantitative estimate of drug-likeness (QED) is 0.853. The molecule has 0 radical (unpaired) electrons. The predicted octanol–water partition coefficient (Wildman–Crippen LogP) is 1.87. The van der Waals surface area contributed by atoms with Crippen molar-refractivity contribution >= 4 is 12.1 Å². The fourth-order valence-electron chi connectivity index (χ4n) is 3.72. The summed E-state index contributed by atoms with van der Waals surface area (Å²) in [7, 11) is 0. The highest BCUT2D eigenvalue weighted by atomic mass is 16.6. The van der Waals surface area contributed by atoms with Crippen LogP contribution in [0.2, 0.25) is 0 Å². The monoisotopic (exact) mass is 321 g/mol. The highest BCUT2D eigenvalue weighted by Gasteiger charge is 2.53. The topological polar surface area (TPSA) is 84.7 Å². The summed E-state index contributed by atoms with van der Waals surface area (Å²) in [6, 6.07) is 0. The molecule has 126 valence electrons. The molecule has 1 saturated heterocycles. The van der Waals surface area contributed by atoms with E-state index in [0.717, 1.165) is 5.82 Å². The zero-order valence-electron chi connectivity index (χ0n) is 13.8. The first-order valence-electron chi connectivity index (χ1n) is 7.95. The smallest absolute Gasteiger partial charge is 0.410 e. The second kappa shape index (κ2) is 5.25. The van der Waals surface area contributed by atoms with Gasteiger partial charge in [0, 0.05) is 37.4 Å². The summed E-state index contributed by atoms with van der Waals surface area (Å²) in [6.07, 6.45) is 4.41. The van der Waals surface area contributed by atoms with Gasteiger partial charge < -0.3 is 19.3 Å². The minimum atomic E-state index is -0.791. The minimum Gasteiger partial charge on any atom is -0.481 e. The molecule has 7 heteroatoms. The molecule has 1 aromatic heterocycles. The van der Waals surface area contributed by atoms with E-state index in [4.69, 9.17) is 4.74 Å². The average molecular weight is 321 g/mol. The van der Waals surface area contributed by atoms with Crippen LogP contribution in [0, 0.1) is 5.92 Å². The molecular formula is C16H23N3O4. The molecular weight excluding hydrogens is 298 g/mol. The molecule has 1 atom stereocenters. The number of nitrogens with zero attached hydrogens (tertiary/aromatic N) is 3. The van der Waals surface area contributed by atoms with Gasteiger partial charge in [-0.2, -0.15) is 0 Å². The third-order valence-electron chi connectivity index (χ3n) is 4.81. The van der Waals surface area contributed by atoms with Crippen LogP contribution in [0.1, 0.15) is 39.4 Å². The largest absolute Gasteiger partial charge is 0.481 e. The molecule has 3 rings (SSSR count). The van der Waals surface area contributed by atoms with Crippen molar-refractivity contribution in [2.24, 2.45) is 5.92 Å². The van der Waals surface area contributed by atoms with Crippen LogP contribution in [0.3, 0.4) is 0 Å². The van der Waals surface area contributed by atoms with E-state index in [2.05, 4.69) is 4.98 Å². The van der Waals surface area contributed by atoms with Gasteiger partial charge in [-0.3, -0.25) is 4.79 Å². The summed E-state index contributed by atoms with van der Waals surface area (Å²) in [5.74, 6) is -0.429. The number of piperidine rings is 1. The van der Waals surface area contributed by atoms with E-state index in [1.807, 2.05) is 31.5 Å². The van der Waals surface area contributed by atoms with Crippen LogP contribution >= 0.6 is 0 Å². The van der Waals surface area contributed by atoms with Crippen LogP contribution in [0.25, 0.3) is 0 Å². The number of fused-ring (bicyclic) bond motifs is 2. The zero-order chi connectivity index (χ0) is 16.8. The van der Waals surface area contributed by atoms with E-state index in [9.17, 15) is 14.7 Å². The molecule has 0 aromatic carbocycles. The number of hydrogen-bond donors (Lipinski definition) is 1. The van der Waals surface area contributed by atoms with E-state index in [-0.39, 0.29) is 6.09 Å². The maximum atomic E-state index is 12.2. The van der Waals surface area contributed by atoms with Crippen molar-refractivity contribution in [3.05, 3.63) is 18.2 Å². The molecule has 23 heavy (non-hydrogen) atoms. The van der Waals surface area contributed by atoms with Crippen molar-refractivity contribution < 1.29 is 19.4 Å². The van der Waals surface area contributed by atoms with Gasteiger partial charge in [0.2, 0.25) is 0 Å². The average Bonchev–Trinajstić information content (AvgIpc) is 3.00. The molecule has 1 unspecified atom stereocenters. The fourth-order valence-corrected chi connectivity index (χ4v) is 3.72. The van der Waals surface area contributed by atoms with Gasteiger partial charge in [0.15, 0.2) is 0 Å². The predicted molar refractivity (Wildman–Crippen MR) is 82.1 cm³/mol. The number of amides is 1. The molecule has 2 aliphatic rings. The number of ether oxygens (including phenoxy) is 1. The third kappa shape index (κ3) is 2.68. The van der Waals surface area contributed by atoms with Crippen LogP contribution in [-0.2, 0) is 21.5 Å². The van der Waals surface area contributed by atoms with Crippen molar-refractivity contribution in [1.82, 2.24) is 14.5 Å². The van der Waals surface area contributed by atoms with Gasteiger partial charge in [-0.15, -0.1) is 0 Å². The van der Waals surface area contributed by atoms with E-state index in [1.54, 1.807) is 11.1 Å². The Labute approximate surface area is 135 Å². The number of rotatable bonds is 1. The number of carbonyl (C=O) groups is 2. The molecule has 2 aliphatic heterocycles. The maximum absolute atomic E-state index is 12.2. The van der Waals surface area contributed by atoms with E-state index < -0.39 is 22.9 Å². The summed E-state index contributed by atoms with van der Waals surface area (Å²) in [5, 5.41) is 9.60. The Morgan fingerprint density at radius 1 is 1.35 bits per heavy atom. The lowest BCUT2D eigenvalue weighted by Gasteiger charge is -2.40. The number of imidazole rings is 1. The van der Waals surface area contributed by atoms with Crippen LogP contribution < -0.4 is 0 Å². The third-order valence-corrected chi connectivity index (χ3v) is 4.81. The Hall–Kier alpha value is -2.05. The van der Waals surface area contributed by atoms with Crippen molar-refractivity contribution in [3.8, 4) is 0 Å². The second-order valence-electron chi connectivity index (χ2n) is 7.42. The molecule has 0 aliphatic carbocycles. The summed E-state index contributed by atoms with van der Waals surface area (Å²) in [6.45, 7) is 6.95.